The summed E-state index contributed by atoms with van der Waals surface area (Å²) in [6.07, 6.45) is 0.374. The number of ether oxygens (including phenoxy) is 1. The van der Waals surface area contributed by atoms with Crippen LogP contribution in [-0.4, -0.2) is 32.7 Å². The minimum atomic E-state index is -3.79. The summed E-state index contributed by atoms with van der Waals surface area (Å²) >= 11 is 0. The molecule has 0 bridgehead atoms. The third-order valence-electron chi connectivity index (χ3n) is 5.61. The molecule has 7 heteroatoms. The number of anilines is 2. The normalized spacial score (nSPS) is 25.0. The number of hydrogen-bond donors (Lipinski definition) is 1. The summed E-state index contributed by atoms with van der Waals surface area (Å²) < 4.78 is 31.9. The van der Waals surface area contributed by atoms with Crippen molar-refractivity contribution in [3.8, 4) is 5.75 Å². The molecule has 0 aromatic heterocycles. The summed E-state index contributed by atoms with van der Waals surface area (Å²) in [5.74, 6) is 0.0383. The molecule has 27 heavy (non-hydrogen) atoms. The number of rotatable bonds is 4. The molecule has 4 rings (SSSR count). The SMILES string of the molecule is COc1ccc(NC(=O)[C@@]23C[C@@H]2CN(c2c(C)cccc2C)S3(=O)=O)cc1. The zero-order chi connectivity index (χ0) is 19.4. The van der Waals surface area contributed by atoms with Gasteiger partial charge in [0, 0.05) is 18.2 Å². The summed E-state index contributed by atoms with van der Waals surface area (Å²) in [5.41, 5.74) is 3.04. The molecule has 2 aromatic rings. The average Bonchev–Trinajstić information content (AvgIpc) is 3.32. The monoisotopic (exact) mass is 386 g/mol. The minimum absolute atomic E-state index is 0.181. The van der Waals surface area contributed by atoms with Crippen LogP contribution in [0.4, 0.5) is 11.4 Å². The third kappa shape index (κ3) is 2.52. The molecule has 1 N–H and O–H groups in total. The molecule has 0 unspecified atom stereocenters. The number of carbonyl (C=O) groups excluding carboxylic acids is 1. The Morgan fingerprint density at radius 3 is 2.37 bits per heavy atom. The van der Waals surface area contributed by atoms with Gasteiger partial charge in [-0.1, -0.05) is 18.2 Å². The van der Waals surface area contributed by atoms with Gasteiger partial charge in [0.1, 0.15) is 5.75 Å². The van der Waals surface area contributed by atoms with Crippen LogP contribution in [0, 0.1) is 19.8 Å². The highest BCUT2D eigenvalue weighted by molar-refractivity contribution is 7.95. The Kier molecular flexibility index (Phi) is 3.96. The number of methoxy groups -OCH3 is 1. The summed E-state index contributed by atoms with van der Waals surface area (Å²) in [4.78, 5) is 12.9. The van der Waals surface area contributed by atoms with Crippen molar-refractivity contribution in [1.82, 2.24) is 0 Å². The number of amides is 1. The molecule has 1 saturated heterocycles. The van der Waals surface area contributed by atoms with Gasteiger partial charge in [-0.15, -0.1) is 0 Å². The Hall–Kier alpha value is -2.54. The Labute approximate surface area is 159 Å². The fourth-order valence-corrected chi connectivity index (χ4v) is 6.54. The number of benzene rings is 2. The van der Waals surface area contributed by atoms with Crippen LogP contribution in [0.2, 0.25) is 0 Å². The molecular formula is C20H22N2O4S. The lowest BCUT2D eigenvalue weighted by molar-refractivity contribution is -0.116. The number of para-hydroxylation sites is 1. The predicted molar refractivity (Wildman–Crippen MR) is 105 cm³/mol. The molecule has 2 aromatic carbocycles. The second-order valence-electron chi connectivity index (χ2n) is 7.25. The molecule has 1 saturated carbocycles. The van der Waals surface area contributed by atoms with Gasteiger partial charge in [0.2, 0.25) is 15.9 Å². The van der Waals surface area contributed by atoms with E-state index in [2.05, 4.69) is 5.32 Å². The first kappa shape index (κ1) is 17.9. The van der Waals surface area contributed by atoms with Crippen molar-refractivity contribution in [2.45, 2.75) is 25.0 Å². The summed E-state index contributed by atoms with van der Waals surface area (Å²) in [6, 6.07) is 12.6. The van der Waals surface area contributed by atoms with Gasteiger partial charge in [0.15, 0.2) is 4.75 Å². The number of hydrogen-bond acceptors (Lipinski definition) is 4. The van der Waals surface area contributed by atoms with Crippen molar-refractivity contribution in [1.29, 1.82) is 0 Å². The molecule has 2 atom stereocenters. The van der Waals surface area contributed by atoms with Crippen molar-refractivity contribution < 1.29 is 17.9 Å². The highest BCUT2D eigenvalue weighted by Crippen LogP contribution is 2.59. The van der Waals surface area contributed by atoms with E-state index in [1.165, 1.54) is 4.31 Å². The van der Waals surface area contributed by atoms with E-state index in [9.17, 15) is 13.2 Å². The Morgan fingerprint density at radius 1 is 1.15 bits per heavy atom. The van der Waals surface area contributed by atoms with Crippen molar-refractivity contribution in [3.63, 3.8) is 0 Å². The van der Waals surface area contributed by atoms with Gasteiger partial charge in [-0.05, 0) is 55.7 Å². The van der Waals surface area contributed by atoms with Crippen LogP contribution in [0.1, 0.15) is 17.5 Å². The Bertz CT molecular complexity index is 997. The molecule has 0 radical (unpaired) electrons. The van der Waals surface area contributed by atoms with E-state index in [0.29, 0.717) is 30.1 Å². The lowest BCUT2D eigenvalue weighted by Gasteiger charge is -2.26. The van der Waals surface area contributed by atoms with Crippen molar-refractivity contribution in [3.05, 3.63) is 53.6 Å². The largest absolute Gasteiger partial charge is 0.497 e. The van der Waals surface area contributed by atoms with Crippen molar-refractivity contribution in [2.24, 2.45) is 5.92 Å². The smallest absolute Gasteiger partial charge is 0.250 e. The summed E-state index contributed by atoms with van der Waals surface area (Å²) in [7, 11) is -2.22. The molecule has 2 fully saturated rings. The molecule has 6 nitrogen and oxygen atoms in total. The zero-order valence-corrected chi connectivity index (χ0v) is 16.3. The molecule has 1 heterocycles. The fourth-order valence-electron chi connectivity index (χ4n) is 4.05. The van der Waals surface area contributed by atoms with Gasteiger partial charge in [0.25, 0.3) is 0 Å². The van der Waals surface area contributed by atoms with Gasteiger partial charge in [0.05, 0.1) is 12.8 Å². The Balaban J connectivity index is 1.63. The lowest BCUT2D eigenvalue weighted by Crippen LogP contribution is -2.42. The van der Waals surface area contributed by atoms with E-state index < -0.39 is 20.7 Å². The summed E-state index contributed by atoms with van der Waals surface area (Å²) in [5, 5.41) is 2.77. The maximum absolute atomic E-state index is 13.3. The van der Waals surface area contributed by atoms with E-state index in [4.69, 9.17) is 4.74 Å². The quantitative estimate of drug-likeness (QED) is 0.877. The number of aryl methyl sites for hydroxylation is 2. The molecule has 1 amide bonds. The van der Waals surface area contributed by atoms with E-state index in [1.807, 2.05) is 32.0 Å². The number of sulfonamides is 1. The van der Waals surface area contributed by atoms with E-state index in [-0.39, 0.29) is 5.92 Å². The number of fused-ring (bicyclic) bond motifs is 1. The van der Waals surface area contributed by atoms with Gasteiger partial charge in [-0.25, -0.2) is 8.42 Å². The van der Waals surface area contributed by atoms with Crippen LogP contribution < -0.4 is 14.4 Å². The van der Waals surface area contributed by atoms with E-state index in [0.717, 1.165) is 11.1 Å². The first-order valence-electron chi connectivity index (χ1n) is 8.85. The molecular weight excluding hydrogens is 364 g/mol. The molecule has 1 aliphatic carbocycles. The number of nitrogens with one attached hydrogen (secondary N) is 1. The van der Waals surface area contributed by atoms with Crippen LogP contribution in [0.5, 0.6) is 5.75 Å². The number of carbonyl (C=O) groups is 1. The van der Waals surface area contributed by atoms with Crippen LogP contribution in [0.25, 0.3) is 0 Å². The standard InChI is InChI=1S/C20H22N2O4S/c1-13-5-4-6-14(2)18(13)22-12-15-11-20(15,27(22,24)25)19(23)21-16-7-9-17(26-3)10-8-16/h4-10,15H,11-12H2,1-3H3,(H,21,23)/t15-,20-/m1/s1. The second kappa shape index (κ2) is 5.99. The summed E-state index contributed by atoms with van der Waals surface area (Å²) in [6.45, 7) is 4.14. The van der Waals surface area contributed by atoms with Crippen LogP contribution in [-0.2, 0) is 14.8 Å². The first-order chi connectivity index (χ1) is 12.8. The number of nitrogens with zero attached hydrogens (tertiary/aromatic N) is 1. The Morgan fingerprint density at radius 2 is 1.78 bits per heavy atom. The van der Waals surface area contributed by atoms with Gasteiger partial charge in [-0.3, -0.25) is 9.10 Å². The van der Waals surface area contributed by atoms with Crippen molar-refractivity contribution >= 4 is 27.3 Å². The zero-order valence-electron chi connectivity index (χ0n) is 15.5. The molecule has 1 aliphatic heterocycles. The maximum Gasteiger partial charge on any atom is 0.250 e. The molecule has 142 valence electrons. The third-order valence-corrected chi connectivity index (χ3v) is 8.12. The van der Waals surface area contributed by atoms with Gasteiger partial charge >= 0.3 is 0 Å². The minimum Gasteiger partial charge on any atom is -0.497 e. The van der Waals surface area contributed by atoms with Crippen LogP contribution in [0.15, 0.2) is 42.5 Å². The predicted octanol–water partition coefficient (Wildman–Crippen LogP) is 2.86. The average molecular weight is 386 g/mol. The highest BCUT2D eigenvalue weighted by Gasteiger charge is 2.75. The lowest BCUT2D eigenvalue weighted by atomic mass is 10.1. The molecule has 0 spiro atoms. The van der Waals surface area contributed by atoms with Crippen LogP contribution >= 0.6 is 0 Å². The second-order valence-corrected chi connectivity index (χ2v) is 9.37. The van der Waals surface area contributed by atoms with Crippen LogP contribution in [0.3, 0.4) is 0 Å². The van der Waals surface area contributed by atoms with E-state index >= 15 is 0 Å². The topological polar surface area (TPSA) is 75.7 Å². The van der Waals surface area contributed by atoms with E-state index in [1.54, 1.807) is 31.4 Å². The first-order valence-corrected chi connectivity index (χ1v) is 10.3. The van der Waals surface area contributed by atoms with Gasteiger partial charge in [-0.2, -0.15) is 0 Å². The maximum atomic E-state index is 13.3. The molecule has 2 aliphatic rings. The van der Waals surface area contributed by atoms with Crippen molar-refractivity contribution in [2.75, 3.05) is 23.3 Å². The fraction of sp³-hybridized carbons (Fsp3) is 0.350. The van der Waals surface area contributed by atoms with Gasteiger partial charge < -0.3 is 10.1 Å². The highest BCUT2D eigenvalue weighted by atomic mass is 32.2.